The molecule has 0 aliphatic rings. The highest BCUT2D eigenvalue weighted by Crippen LogP contribution is 2.32. The van der Waals surface area contributed by atoms with Crippen LogP contribution in [0.1, 0.15) is 11.1 Å². The van der Waals surface area contributed by atoms with E-state index >= 15 is 0 Å². The summed E-state index contributed by atoms with van der Waals surface area (Å²) in [6, 6.07) is 5.23. The minimum absolute atomic E-state index is 0.312. The van der Waals surface area contributed by atoms with Gasteiger partial charge in [0.15, 0.2) is 0 Å². The molecule has 6 heteroatoms. The Morgan fingerprint density at radius 1 is 1.24 bits per heavy atom. The van der Waals surface area contributed by atoms with Crippen molar-refractivity contribution >= 4 is 17.0 Å². The van der Waals surface area contributed by atoms with E-state index in [9.17, 15) is 4.39 Å². The summed E-state index contributed by atoms with van der Waals surface area (Å²) in [6.07, 6.45) is 6.95. The fourth-order valence-electron chi connectivity index (χ4n) is 3.03. The van der Waals surface area contributed by atoms with Crippen molar-refractivity contribution in [1.29, 1.82) is 0 Å². The Balaban J connectivity index is 1.91. The molecular formula is C19H16FN5. The molecule has 0 radical (unpaired) electrons. The van der Waals surface area contributed by atoms with Gasteiger partial charge in [-0.15, -0.1) is 0 Å². The van der Waals surface area contributed by atoms with Crippen LogP contribution < -0.4 is 0 Å². The molecular weight excluding hydrogens is 317 g/mol. The number of nitrogens with one attached hydrogen (secondary N) is 1. The second-order valence-corrected chi connectivity index (χ2v) is 5.99. The van der Waals surface area contributed by atoms with Crippen molar-refractivity contribution in [3.63, 3.8) is 0 Å². The van der Waals surface area contributed by atoms with E-state index in [4.69, 9.17) is 0 Å². The lowest BCUT2D eigenvalue weighted by molar-refractivity contribution is 0.629. The van der Waals surface area contributed by atoms with Crippen LogP contribution in [0.25, 0.3) is 39.5 Å². The van der Waals surface area contributed by atoms with Gasteiger partial charge in [-0.25, -0.2) is 4.39 Å². The summed E-state index contributed by atoms with van der Waals surface area (Å²) in [5, 5.41) is 12.4. The molecule has 25 heavy (non-hydrogen) atoms. The van der Waals surface area contributed by atoms with Crippen LogP contribution >= 0.6 is 0 Å². The third kappa shape index (κ3) is 2.52. The molecule has 0 spiro atoms. The lowest BCUT2D eigenvalue weighted by atomic mass is 10.00. The quantitative estimate of drug-likeness (QED) is 0.613. The number of aromatic amines is 1. The predicted octanol–water partition coefficient (Wildman–Crippen LogP) is 4.12. The third-order valence-electron chi connectivity index (χ3n) is 4.23. The lowest BCUT2D eigenvalue weighted by Crippen LogP contribution is -1.93. The number of aryl methyl sites for hydroxylation is 2. The molecule has 0 saturated carbocycles. The minimum atomic E-state index is -0.312. The standard InChI is InChI=1S/C19H16FN5/c1-4-12-5-11(2)18(15(20)6-12)16-7-14-17(9-21-16)23-24-19(14)13-8-22-25(3)10-13/h4-10H,1H2,2-3H3,(H,23,24). The Labute approximate surface area is 143 Å². The van der Waals surface area contributed by atoms with Crippen LogP contribution in [0, 0.1) is 12.7 Å². The number of benzene rings is 1. The molecule has 0 aliphatic heterocycles. The first-order valence-electron chi connectivity index (χ1n) is 7.83. The van der Waals surface area contributed by atoms with Crippen molar-refractivity contribution in [2.75, 3.05) is 0 Å². The SMILES string of the molecule is C=Cc1cc(C)c(-c2cc3c(-c4cnn(C)c4)n[nH]c3cn2)c(F)c1. The molecule has 3 heterocycles. The molecule has 5 nitrogen and oxygen atoms in total. The topological polar surface area (TPSA) is 59.4 Å². The van der Waals surface area contributed by atoms with E-state index in [1.807, 2.05) is 32.3 Å². The van der Waals surface area contributed by atoms with Gasteiger partial charge in [0.1, 0.15) is 11.5 Å². The Bertz CT molecular complexity index is 1080. The molecule has 0 saturated heterocycles. The van der Waals surface area contributed by atoms with Crippen molar-refractivity contribution in [3.05, 3.63) is 60.3 Å². The molecule has 0 unspecified atom stereocenters. The molecule has 1 N–H and O–H groups in total. The van der Waals surface area contributed by atoms with Gasteiger partial charge in [0.25, 0.3) is 0 Å². The van der Waals surface area contributed by atoms with Crippen LogP contribution in [0.15, 0.2) is 43.4 Å². The van der Waals surface area contributed by atoms with Gasteiger partial charge in [-0.3, -0.25) is 14.8 Å². The van der Waals surface area contributed by atoms with Crippen molar-refractivity contribution in [1.82, 2.24) is 25.0 Å². The maximum atomic E-state index is 14.6. The zero-order valence-corrected chi connectivity index (χ0v) is 13.9. The fraction of sp³-hybridized carbons (Fsp3) is 0.105. The van der Waals surface area contributed by atoms with Gasteiger partial charge < -0.3 is 0 Å². The van der Waals surface area contributed by atoms with E-state index < -0.39 is 0 Å². The van der Waals surface area contributed by atoms with Gasteiger partial charge in [-0.2, -0.15) is 10.2 Å². The Morgan fingerprint density at radius 3 is 2.76 bits per heavy atom. The van der Waals surface area contributed by atoms with Crippen LogP contribution in [-0.2, 0) is 7.05 Å². The second kappa shape index (κ2) is 5.66. The van der Waals surface area contributed by atoms with Gasteiger partial charge >= 0.3 is 0 Å². The summed E-state index contributed by atoms with van der Waals surface area (Å²) in [5.41, 5.74) is 5.09. The van der Waals surface area contributed by atoms with Crippen LogP contribution in [0.3, 0.4) is 0 Å². The predicted molar refractivity (Wildman–Crippen MR) is 96.3 cm³/mol. The van der Waals surface area contributed by atoms with Crippen molar-refractivity contribution < 1.29 is 4.39 Å². The molecule has 0 fully saturated rings. The molecule has 0 amide bonds. The van der Waals surface area contributed by atoms with Gasteiger partial charge in [-0.05, 0) is 30.2 Å². The summed E-state index contributed by atoms with van der Waals surface area (Å²) in [4.78, 5) is 4.41. The zero-order valence-electron chi connectivity index (χ0n) is 13.9. The molecule has 0 aliphatic carbocycles. The lowest BCUT2D eigenvalue weighted by Gasteiger charge is -2.09. The smallest absolute Gasteiger partial charge is 0.133 e. The number of hydrogen-bond acceptors (Lipinski definition) is 3. The number of halogens is 1. The number of nitrogens with zero attached hydrogens (tertiary/aromatic N) is 4. The number of aromatic nitrogens is 5. The molecule has 0 bridgehead atoms. The highest BCUT2D eigenvalue weighted by molar-refractivity contribution is 5.94. The van der Waals surface area contributed by atoms with Gasteiger partial charge in [0.05, 0.1) is 23.6 Å². The normalized spacial score (nSPS) is 11.2. The van der Waals surface area contributed by atoms with E-state index in [0.717, 1.165) is 33.3 Å². The van der Waals surface area contributed by atoms with E-state index in [-0.39, 0.29) is 5.82 Å². The average molecular weight is 333 g/mol. The molecule has 4 aromatic rings. The van der Waals surface area contributed by atoms with E-state index in [1.165, 1.54) is 6.07 Å². The average Bonchev–Trinajstić information content (AvgIpc) is 3.19. The van der Waals surface area contributed by atoms with Crippen molar-refractivity contribution in [2.24, 2.45) is 7.05 Å². The first kappa shape index (κ1) is 15.3. The highest BCUT2D eigenvalue weighted by atomic mass is 19.1. The van der Waals surface area contributed by atoms with Gasteiger partial charge in [-0.1, -0.05) is 18.7 Å². The first-order chi connectivity index (χ1) is 12.1. The largest absolute Gasteiger partial charge is 0.276 e. The summed E-state index contributed by atoms with van der Waals surface area (Å²) >= 11 is 0. The maximum Gasteiger partial charge on any atom is 0.133 e. The summed E-state index contributed by atoms with van der Waals surface area (Å²) in [7, 11) is 1.85. The van der Waals surface area contributed by atoms with E-state index in [2.05, 4.69) is 26.9 Å². The molecule has 4 rings (SSSR count). The number of rotatable bonds is 3. The molecule has 124 valence electrons. The molecule has 1 aromatic carbocycles. The fourth-order valence-corrected chi connectivity index (χ4v) is 3.03. The van der Waals surface area contributed by atoms with Crippen LogP contribution in [0.5, 0.6) is 0 Å². The van der Waals surface area contributed by atoms with Gasteiger partial charge in [0, 0.05) is 29.8 Å². The Kier molecular flexibility index (Phi) is 3.46. The summed E-state index contributed by atoms with van der Waals surface area (Å²) in [5.74, 6) is -0.312. The van der Waals surface area contributed by atoms with Crippen LogP contribution in [0.4, 0.5) is 4.39 Å². The highest BCUT2D eigenvalue weighted by Gasteiger charge is 2.15. The number of H-pyrrole nitrogens is 1. The minimum Gasteiger partial charge on any atom is -0.276 e. The van der Waals surface area contributed by atoms with Crippen LogP contribution in [-0.4, -0.2) is 25.0 Å². The molecule has 3 aromatic heterocycles. The van der Waals surface area contributed by atoms with E-state index in [1.54, 1.807) is 23.2 Å². The molecule has 0 atom stereocenters. The van der Waals surface area contributed by atoms with Crippen molar-refractivity contribution in [3.8, 4) is 22.5 Å². The Hall–Kier alpha value is -3.28. The summed E-state index contributed by atoms with van der Waals surface area (Å²) in [6.45, 7) is 5.56. The Morgan fingerprint density at radius 2 is 2.08 bits per heavy atom. The number of pyridine rings is 1. The maximum absolute atomic E-state index is 14.6. The van der Waals surface area contributed by atoms with Gasteiger partial charge in [0.2, 0.25) is 0 Å². The van der Waals surface area contributed by atoms with Crippen molar-refractivity contribution in [2.45, 2.75) is 6.92 Å². The number of fused-ring (bicyclic) bond motifs is 1. The third-order valence-corrected chi connectivity index (χ3v) is 4.23. The first-order valence-corrected chi connectivity index (χ1v) is 7.83. The summed E-state index contributed by atoms with van der Waals surface area (Å²) < 4.78 is 16.3. The second-order valence-electron chi connectivity index (χ2n) is 5.99. The number of hydrogen-bond donors (Lipinski definition) is 1. The monoisotopic (exact) mass is 333 g/mol. The van der Waals surface area contributed by atoms with E-state index in [0.29, 0.717) is 11.3 Å². The zero-order chi connectivity index (χ0) is 17.6. The van der Waals surface area contributed by atoms with Crippen LogP contribution in [0.2, 0.25) is 0 Å².